The molecule has 0 amide bonds. The molecule has 5 heteroatoms. The van der Waals surface area contributed by atoms with E-state index in [1.165, 1.54) is 11.7 Å². The van der Waals surface area contributed by atoms with Crippen LogP contribution in [0.3, 0.4) is 0 Å². The lowest BCUT2D eigenvalue weighted by molar-refractivity contribution is 0.0518. The Morgan fingerprint density at radius 1 is 1.13 bits per heavy atom. The maximum atomic E-state index is 11.9. The van der Waals surface area contributed by atoms with Crippen LogP contribution in [0.1, 0.15) is 23.0 Å². The number of fused-ring (bicyclic) bond motifs is 1. The molecule has 2 aromatic carbocycles. The van der Waals surface area contributed by atoms with Crippen molar-refractivity contribution in [2.24, 2.45) is 0 Å². The SMILES string of the molecule is CCOC(=O)c1ncnc(Nc2ccc3ccccc3c2)c1C. The molecule has 0 aliphatic carbocycles. The normalized spacial score (nSPS) is 10.5. The van der Waals surface area contributed by atoms with Crippen LogP contribution in [0.2, 0.25) is 0 Å². The predicted octanol–water partition coefficient (Wildman–Crippen LogP) is 3.86. The summed E-state index contributed by atoms with van der Waals surface area (Å²) < 4.78 is 5.01. The van der Waals surface area contributed by atoms with E-state index in [1.807, 2.05) is 30.3 Å². The van der Waals surface area contributed by atoms with Gasteiger partial charge in [-0.25, -0.2) is 14.8 Å². The molecule has 3 rings (SSSR count). The Morgan fingerprint density at radius 3 is 2.70 bits per heavy atom. The number of nitrogens with zero attached hydrogens (tertiary/aromatic N) is 2. The molecule has 0 saturated carbocycles. The van der Waals surface area contributed by atoms with Crippen molar-refractivity contribution in [1.82, 2.24) is 9.97 Å². The molecule has 0 aliphatic rings. The van der Waals surface area contributed by atoms with Crippen molar-refractivity contribution >= 4 is 28.2 Å². The summed E-state index contributed by atoms with van der Waals surface area (Å²) in [6.45, 7) is 3.88. The summed E-state index contributed by atoms with van der Waals surface area (Å²) in [4.78, 5) is 20.2. The second-order valence-corrected chi connectivity index (χ2v) is 5.10. The van der Waals surface area contributed by atoms with Crippen molar-refractivity contribution in [2.45, 2.75) is 13.8 Å². The van der Waals surface area contributed by atoms with Gasteiger partial charge in [0, 0.05) is 11.3 Å². The summed E-state index contributed by atoms with van der Waals surface area (Å²) in [7, 11) is 0. The number of carbonyl (C=O) groups excluding carboxylic acids is 1. The number of esters is 1. The largest absolute Gasteiger partial charge is 0.461 e. The first-order chi connectivity index (χ1) is 11.2. The third-order valence-corrected chi connectivity index (χ3v) is 3.57. The number of rotatable bonds is 4. The van der Waals surface area contributed by atoms with Gasteiger partial charge in [0.1, 0.15) is 12.1 Å². The van der Waals surface area contributed by atoms with Gasteiger partial charge in [-0.2, -0.15) is 0 Å². The topological polar surface area (TPSA) is 64.1 Å². The average Bonchev–Trinajstić information content (AvgIpc) is 2.57. The minimum atomic E-state index is -0.436. The molecular formula is C18H17N3O2. The molecule has 1 heterocycles. The van der Waals surface area contributed by atoms with E-state index in [1.54, 1.807) is 13.8 Å². The fourth-order valence-electron chi connectivity index (χ4n) is 2.39. The highest BCUT2D eigenvalue weighted by molar-refractivity contribution is 5.91. The summed E-state index contributed by atoms with van der Waals surface area (Å²) in [5.41, 5.74) is 1.85. The van der Waals surface area contributed by atoms with Crippen molar-refractivity contribution < 1.29 is 9.53 Å². The van der Waals surface area contributed by atoms with Crippen molar-refractivity contribution in [2.75, 3.05) is 11.9 Å². The third kappa shape index (κ3) is 3.13. The maximum Gasteiger partial charge on any atom is 0.357 e. The Labute approximate surface area is 134 Å². The molecule has 0 bridgehead atoms. The van der Waals surface area contributed by atoms with E-state index in [2.05, 4.69) is 27.4 Å². The van der Waals surface area contributed by atoms with E-state index in [9.17, 15) is 4.79 Å². The molecule has 0 saturated heterocycles. The zero-order valence-corrected chi connectivity index (χ0v) is 13.0. The van der Waals surface area contributed by atoms with Gasteiger partial charge in [0.05, 0.1) is 6.61 Å². The van der Waals surface area contributed by atoms with Crippen LogP contribution in [-0.4, -0.2) is 22.5 Å². The average molecular weight is 307 g/mol. The number of hydrogen-bond acceptors (Lipinski definition) is 5. The molecule has 0 unspecified atom stereocenters. The molecule has 0 fully saturated rings. The Balaban J connectivity index is 1.92. The van der Waals surface area contributed by atoms with Gasteiger partial charge >= 0.3 is 5.97 Å². The van der Waals surface area contributed by atoms with E-state index in [4.69, 9.17) is 4.74 Å². The zero-order valence-electron chi connectivity index (χ0n) is 13.0. The van der Waals surface area contributed by atoms with Gasteiger partial charge in [-0.3, -0.25) is 0 Å². The van der Waals surface area contributed by atoms with Crippen molar-refractivity contribution in [3.05, 3.63) is 60.0 Å². The van der Waals surface area contributed by atoms with E-state index in [-0.39, 0.29) is 5.69 Å². The molecular weight excluding hydrogens is 290 g/mol. The number of aromatic nitrogens is 2. The first kappa shape index (κ1) is 15.0. The van der Waals surface area contributed by atoms with Crippen LogP contribution in [0.5, 0.6) is 0 Å². The van der Waals surface area contributed by atoms with E-state index < -0.39 is 5.97 Å². The first-order valence-electron chi connectivity index (χ1n) is 7.43. The van der Waals surface area contributed by atoms with Crippen molar-refractivity contribution in [3.8, 4) is 0 Å². The first-order valence-corrected chi connectivity index (χ1v) is 7.43. The molecule has 0 spiro atoms. The molecule has 1 N–H and O–H groups in total. The van der Waals surface area contributed by atoms with Crippen LogP contribution in [-0.2, 0) is 4.74 Å². The molecule has 23 heavy (non-hydrogen) atoms. The summed E-state index contributed by atoms with van der Waals surface area (Å²) in [6.07, 6.45) is 1.36. The lowest BCUT2D eigenvalue weighted by atomic mass is 10.1. The Morgan fingerprint density at radius 2 is 1.91 bits per heavy atom. The highest BCUT2D eigenvalue weighted by Crippen LogP contribution is 2.23. The van der Waals surface area contributed by atoms with Gasteiger partial charge in [-0.05, 0) is 36.8 Å². The smallest absolute Gasteiger partial charge is 0.357 e. The lowest BCUT2D eigenvalue weighted by Gasteiger charge is -2.11. The fourth-order valence-corrected chi connectivity index (χ4v) is 2.39. The Kier molecular flexibility index (Phi) is 4.19. The van der Waals surface area contributed by atoms with Gasteiger partial charge in [-0.15, -0.1) is 0 Å². The van der Waals surface area contributed by atoms with Crippen molar-refractivity contribution in [1.29, 1.82) is 0 Å². The highest BCUT2D eigenvalue weighted by atomic mass is 16.5. The summed E-state index contributed by atoms with van der Waals surface area (Å²) in [6, 6.07) is 14.2. The minimum Gasteiger partial charge on any atom is -0.461 e. The number of carbonyl (C=O) groups is 1. The van der Waals surface area contributed by atoms with Crippen molar-refractivity contribution in [3.63, 3.8) is 0 Å². The predicted molar refractivity (Wildman–Crippen MR) is 90.0 cm³/mol. The quantitative estimate of drug-likeness (QED) is 0.741. The van der Waals surface area contributed by atoms with Gasteiger partial charge in [0.2, 0.25) is 0 Å². The zero-order chi connectivity index (χ0) is 16.2. The molecule has 116 valence electrons. The highest BCUT2D eigenvalue weighted by Gasteiger charge is 2.15. The molecule has 5 nitrogen and oxygen atoms in total. The van der Waals surface area contributed by atoms with E-state index >= 15 is 0 Å². The lowest BCUT2D eigenvalue weighted by Crippen LogP contribution is -2.11. The minimum absolute atomic E-state index is 0.283. The maximum absolute atomic E-state index is 11.9. The summed E-state index contributed by atoms with van der Waals surface area (Å²) in [5.74, 6) is 0.160. The number of anilines is 2. The summed E-state index contributed by atoms with van der Waals surface area (Å²) >= 11 is 0. The Bertz CT molecular complexity index is 862. The van der Waals surface area contributed by atoms with E-state index in [0.29, 0.717) is 18.0 Å². The summed E-state index contributed by atoms with van der Waals surface area (Å²) in [5, 5.41) is 5.55. The van der Waals surface area contributed by atoms with Crippen LogP contribution in [0.25, 0.3) is 10.8 Å². The van der Waals surface area contributed by atoms with Gasteiger partial charge < -0.3 is 10.1 Å². The molecule has 0 aliphatic heterocycles. The van der Waals surface area contributed by atoms with E-state index in [0.717, 1.165) is 11.1 Å². The van der Waals surface area contributed by atoms with Gasteiger partial charge in [0.15, 0.2) is 5.69 Å². The molecule has 1 aromatic heterocycles. The van der Waals surface area contributed by atoms with Crippen LogP contribution in [0, 0.1) is 6.92 Å². The number of ether oxygens (including phenoxy) is 1. The number of hydrogen-bond donors (Lipinski definition) is 1. The van der Waals surface area contributed by atoms with Crippen LogP contribution < -0.4 is 5.32 Å². The second kappa shape index (κ2) is 6.44. The standard InChI is InChI=1S/C18H17N3O2/c1-3-23-18(22)16-12(2)17(20-11-19-16)21-15-9-8-13-6-4-5-7-14(13)10-15/h4-11H,3H2,1-2H3,(H,19,20,21). The molecule has 0 radical (unpaired) electrons. The third-order valence-electron chi connectivity index (χ3n) is 3.57. The molecule has 0 atom stereocenters. The van der Waals surface area contributed by atoms with Crippen LogP contribution in [0.15, 0.2) is 48.8 Å². The monoisotopic (exact) mass is 307 g/mol. The number of nitrogens with one attached hydrogen (secondary N) is 1. The molecule has 3 aromatic rings. The van der Waals surface area contributed by atoms with Crippen LogP contribution in [0.4, 0.5) is 11.5 Å². The van der Waals surface area contributed by atoms with Gasteiger partial charge in [0.25, 0.3) is 0 Å². The van der Waals surface area contributed by atoms with Crippen LogP contribution >= 0.6 is 0 Å². The second-order valence-electron chi connectivity index (χ2n) is 5.10. The van der Waals surface area contributed by atoms with Gasteiger partial charge in [-0.1, -0.05) is 30.3 Å². The Hall–Kier alpha value is -2.95. The number of benzene rings is 2. The fraction of sp³-hybridized carbons (Fsp3) is 0.167.